The summed E-state index contributed by atoms with van der Waals surface area (Å²) in [6.07, 6.45) is 5.65. The molecule has 28 heavy (non-hydrogen) atoms. The van der Waals surface area contributed by atoms with Gasteiger partial charge in [0.25, 0.3) is 0 Å². The lowest BCUT2D eigenvalue weighted by molar-refractivity contribution is 0.317. The summed E-state index contributed by atoms with van der Waals surface area (Å²) in [7, 11) is -3.14. The van der Waals surface area contributed by atoms with Crippen LogP contribution in [0.4, 0.5) is 5.95 Å². The van der Waals surface area contributed by atoms with Crippen molar-refractivity contribution in [3.05, 3.63) is 23.7 Å². The normalized spacial score (nSPS) is 19.4. The van der Waals surface area contributed by atoms with Gasteiger partial charge in [0.1, 0.15) is 0 Å². The van der Waals surface area contributed by atoms with E-state index < -0.39 is 10.0 Å². The minimum absolute atomic E-state index is 0.146. The van der Waals surface area contributed by atoms with Crippen LogP contribution in [-0.2, 0) is 10.0 Å². The topological polar surface area (TPSA) is 92.4 Å². The lowest BCUT2D eigenvalue weighted by Crippen LogP contribution is -2.39. The lowest BCUT2D eigenvalue weighted by atomic mass is 9.91. The number of hydrogen-bond acceptors (Lipinski definition) is 7. The Balaban J connectivity index is 1.64. The molecule has 152 valence electrons. The lowest BCUT2D eigenvalue weighted by Gasteiger charge is -2.31. The van der Waals surface area contributed by atoms with Crippen molar-refractivity contribution in [2.24, 2.45) is 0 Å². The second-order valence-electron chi connectivity index (χ2n) is 7.57. The standard InChI is InChI=1S/C19H27N5O3S/c1-3-28(25,26)24-10-6-15(7-11-24)18-16(17-12-14(2)22-27-17)13-20-19(21-18)23-8-4-5-9-23/h12-13,15H,3-11H2,1-2H3. The fourth-order valence-corrected chi connectivity index (χ4v) is 5.17. The van der Waals surface area contributed by atoms with E-state index in [1.54, 1.807) is 11.2 Å². The van der Waals surface area contributed by atoms with E-state index in [9.17, 15) is 8.42 Å². The third kappa shape index (κ3) is 3.77. The molecule has 0 radical (unpaired) electrons. The third-order valence-corrected chi connectivity index (χ3v) is 7.57. The van der Waals surface area contributed by atoms with Crippen LogP contribution in [0.1, 0.15) is 49.9 Å². The maximum atomic E-state index is 12.2. The van der Waals surface area contributed by atoms with Crippen LogP contribution in [-0.4, -0.2) is 59.8 Å². The van der Waals surface area contributed by atoms with Crippen molar-refractivity contribution in [1.29, 1.82) is 0 Å². The van der Waals surface area contributed by atoms with Crippen molar-refractivity contribution in [2.75, 3.05) is 36.8 Å². The Hall–Kier alpha value is -2.00. The summed E-state index contributed by atoms with van der Waals surface area (Å²) in [5.41, 5.74) is 2.62. The first kappa shape index (κ1) is 19.3. The molecular weight excluding hydrogens is 378 g/mol. The number of aryl methyl sites for hydroxylation is 1. The molecule has 0 aliphatic carbocycles. The third-order valence-electron chi connectivity index (χ3n) is 5.69. The second kappa shape index (κ2) is 7.79. The van der Waals surface area contributed by atoms with Crippen molar-refractivity contribution in [3.63, 3.8) is 0 Å². The van der Waals surface area contributed by atoms with Gasteiger partial charge in [0, 0.05) is 44.4 Å². The molecule has 0 amide bonds. The van der Waals surface area contributed by atoms with Crippen molar-refractivity contribution < 1.29 is 12.9 Å². The van der Waals surface area contributed by atoms with Crippen molar-refractivity contribution in [3.8, 4) is 11.3 Å². The molecule has 0 aromatic carbocycles. The first-order valence-corrected chi connectivity index (χ1v) is 11.6. The van der Waals surface area contributed by atoms with Gasteiger partial charge in [-0.05, 0) is 39.5 Å². The molecule has 2 saturated heterocycles. The number of rotatable bonds is 5. The van der Waals surface area contributed by atoms with Gasteiger partial charge in [0.2, 0.25) is 16.0 Å². The predicted octanol–water partition coefficient (Wildman–Crippen LogP) is 2.57. The maximum Gasteiger partial charge on any atom is 0.225 e. The van der Waals surface area contributed by atoms with E-state index in [0.717, 1.165) is 61.7 Å². The van der Waals surface area contributed by atoms with Crippen LogP contribution in [0.5, 0.6) is 0 Å². The number of nitrogens with zero attached hydrogens (tertiary/aromatic N) is 5. The summed E-state index contributed by atoms with van der Waals surface area (Å²) >= 11 is 0. The zero-order valence-corrected chi connectivity index (χ0v) is 17.3. The van der Waals surface area contributed by atoms with Gasteiger partial charge in [0.05, 0.1) is 22.7 Å². The quantitative estimate of drug-likeness (QED) is 0.755. The first-order valence-electron chi connectivity index (χ1n) is 10.0. The Morgan fingerprint density at radius 3 is 2.50 bits per heavy atom. The Morgan fingerprint density at radius 1 is 1.18 bits per heavy atom. The number of aromatic nitrogens is 3. The highest BCUT2D eigenvalue weighted by Crippen LogP contribution is 2.36. The van der Waals surface area contributed by atoms with Crippen molar-refractivity contribution in [1.82, 2.24) is 19.4 Å². The van der Waals surface area contributed by atoms with Gasteiger partial charge in [-0.3, -0.25) is 0 Å². The van der Waals surface area contributed by atoms with E-state index in [1.165, 1.54) is 0 Å². The van der Waals surface area contributed by atoms with Crippen LogP contribution in [0.3, 0.4) is 0 Å². The molecule has 0 bridgehead atoms. The van der Waals surface area contributed by atoms with Gasteiger partial charge in [-0.1, -0.05) is 5.16 Å². The SMILES string of the molecule is CCS(=O)(=O)N1CCC(c2nc(N3CCCC3)ncc2-c2cc(C)no2)CC1. The summed E-state index contributed by atoms with van der Waals surface area (Å²) in [6, 6.07) is 1.90. The molecule has 2 aliphatic rings. The predicted molar refractivity (Wildman–Crippen MR) is 107 cm³/mol. The summed E-state index contributed by atoms with van der Waals surface area (Å²) in [5, 5.41) is 4.01. The van der Waals surface area contributed by atoms with Gasteiger partial charge in [-0.25, -0.2) is 22.7 Å². The largest absolute Gasteiger partial charge is 0.356 e. The number of piperidine rings is 1. The number of anilines is 1. The van der Waals surface area contributed by atoms with Gasteiger partial charge in [-0.15, -0.1) is 0 Å². The highest BCUT2D eigenvalue weighted by molar-refractivity contribution is 7.89. The Labute approximate surface area is 166 Å². The van der Waals surface area contributed by atoms with Gasteiger partial charge < -0.3 is 9.42 Å². The molecular formula is C19H27N5O3S. The summed E-state index contributed by atoms with van der Waals surface area (Å²) in [6.45, 7) is 6.59. The highest BCUT2D eigenvalue weighted by Gasteiger charge is 2.31. The first-order chi connectivity index (χ1) is 13.5. The van der Waals surface area contributed by atoms with Crippen LogP contribution in [0.25, 0.3) is 11.3 Å². The minimum atomic E-state index is -3.14. The Kier molecular flexibility index (Phi) is 5.37. The molecule has 0 atom stereocenters. The second-order valence-corrected chi connectivity index (χ2v) is 9.83. The molecule has 0 spiro atoms. The van der Waals surface area contributed by atoms with E-state index in [0.29, 0.717) is 18.8 Å². The van der Waals surface area contributed by atoms with Crippen LogP contribution >= 0.6 is 0 Å². The smallest absolute Gasteiger partial charge is 0.225 e. The van der Waals surface area contributed by atoms with Crippen molar-refractivity contribution in [2.45, 2.75) is 45.4 Å². The van der Waals surface area contributed by atoms with Gasteiger partial charge in [0.15, 0.2) is 5.76 Å². The van der Waals surface area contributed by atoms with E-state index in [2.05, 4.69) is 15.0 Å². The molecule has 4 rings (SSSR count). The molecule has 2 aliphatic heterocycles. The number of hydrogen-bond donors (Lipinski definition) is 0. The highest BCUT2D eigenvalue weighted by atomic mass is 32.2. The summed E-state index contributed by atoms with van der Waals surface area (Å²) < 4.78 is 31.5. The molecule has 8 nitrogen and oxygen atoms in total. The molecule has 2 aromatic heterocycles. The Morgan fingerprint density at radius 2 is 1.89 bits per heavy atom. The average molecular weight is 406 g/mol. The van der Waals surface area contributed by atoms with E-state index in [-0.39, 0.29) is 11.7 Å². The Bertz CT molecular complexity index is 929. The van der Waals surface area contributed by atoms with Crippen LogP contribution < -0.4 is 4.90 Å². The number of sulfonamides is 1. The van der Waals surface area contributed by atoms with Crippen molar-refractivity contribution >= 4 is 16.0 Å². The van der Waals surface area contributed by atoms with Gasteiger partial charge in [-0.2, -0.15) is 0 Å². The zero-order chi connectivity index (χ0) is 19.7. The fraction of sp³-hybridized carbons (Fsp3) is 0.632. The molecule has 2 aromatic rings. The summed E-state index contributed by atoms with van der Waals surface area (Å²) in [5.74, 6) is 1.75. The van der Waals surface area contributed by atoms with E-state index >= 15 is 0 Å². The molecule has 2 fully saturated rings. The fourth-order valence-electron chi connectivity index (χ4n) is 4.04. The van der Waals surface area contributed by atoms with E-state index in [4.69, 9.17) is 9.51 Å². The summed E-state index contributed by atoms with van der Waals surface area (Å²) in [4.78, 5) is 11.7. The molecule has 0 N–H and O–H groups in total. The zero-order valence-electron chi connectivity index (χ0n) is 16.5. The van der Waals surface area contributed by atoms with Crippen LogP contribution in [0.2, 0.25) is 0 Å². The van der Waals surface area contributed by atoms with Crippen LogP contribution in [0, 0.1) is 6.92 Å². The minimum Gasteiger partial charge on any atom is -0.356 e. The molecule has 0 unspecified atom stereocenters. The average Bonchev–Trinajstić information content (AvgIpc) is 3.39. The molecule has 9 heteroatoms. The molecule has 0 saturated carbocycles. The van der Waals surface area contributed by atoms with Crippen LogP contribution in [0.15, 0.2) is 16.8 Å². The maximum absolute atomic E-state index is 12.2. The molecule has 4 heterocycles. The van der Waals surface area contributed by atoms with E-state index in [1.807, 2.05) is 19.2 Å². The monoisotopic (exact) mass is 405 g/mol. The van der Waals surface area contributed by atoms with Gasteiger partial charge >= 0.3 is 0 Å².